The Kier molecular flexibility index (Phi) is 5.15. The summed E-state index contributed by atoms with van der Waals surface area (Å²) in [5.41, 5.74) is -0.0472. The van der Waals surface area contributed by atoms with E-state index in [1.54, 1.807) is 0 Å². The molecule has 0 aliphatic carbocycles. The molecule has 5 heteroatoms. The number of halogens is 3. The van der Waals surface area contributed by atoms with Gasteiger partial charge in [-0.1, -0.05) is 0 Å². The number of alkyl halides is 2. The maximum Gasteiger partial charge on any atom is 0.263 e. The van der Waals surface area contributed by atoms with Gasteiger partial charge in [0.05, 0.1) is 10.6 Å². The van der Waals surface area contributed by atoms with E-state index in [4.69, 9.17) is 9.84 Å². The van der Waals surface area contributed by atoms with Crippen LogP contribution in [0.3, 0.4) is 0 Å². The zero-order valence-electron chi connectivity index (χ0n) is 8.79. The molecule has 0 bridgehead atoms. The lowest BCUT2D eigenvalue weighted by molar-refractivity contribution is 0.150. The second kappa shape index (κ2) is 6.15. The molecule has 0 heterocycles. The minimum Gasteiger partial charge on any atom is -0.489 e. The number of rotatable bonds is 5. The molecule has 0 aromatic heterocycles. The van der Waals surface area contributed by atoms with Gasteiger partial charge < -0.3 is 9.84 Å². The van der Waals surface area contributed by atoms with Crippen molar-refractivity contribution in [3.8, 4) is 5.75 Å². The summed E-state index contributed by atoms with van der Waals surface area (Å²) in [5, 5.41) is 8.71. The van der Waals surface area contributed by atoms with Crippen LogP contribution in [0.25, 0.3) is 0 Å². The second-order valence-electron chi connectivity index (χ2n) is 3.43. The van der Waals surface area contributed by atoms with Crippen molar-refractivity contribution in [2.75, 3.05) is 6.61 Å². The van der Waals surface area contributed by atoms with E-state index in [9.17, 15) is 8.78 Å². The topological polar surface area (TPSA) is 29.5 Å². The van der Waals surface area contributed by atoms with Crippen molar-refractivity contribution in [2.24, 2.45) is 0 Å². The highest BCUT2D eigenvalue weighted by molar-refractivity contribution is 9.10. The van der Waals surface area contributed by atoms with Gasteiger partial charge in [0.2, 0.25) is 0 Å². The fraction of sp³-hybridized carbons (Fsp3) is 0.455. The van der Waals surface area contributed by atoms with Crippen LogP contribution in [0, 0.1) is 0 Å². The largest absolute Gasteiger partial charge is 0.489 e. The minimum atomic E-state index is -2.49. The molecule has 16 heavy (non-hydrogen) atoms. The van der Waals surface area contributed by atoms with Crippen molar-refractivity contribution < 1.29 is 18.6 Å². The van der Waals surface area contributed by atoms with Crippen LogP contribution < -0.4 is 4.74 Å². The monoisotopic (exact) mass is 294 g/mol. The Morgan fingerprint density at radius 3 is 2.62 bits per heavy atom. The van der Waals surface area contributed by atoms with Crippen molar-refractivity contribution in [3.05, 3.63) is 28.2 Å². The Labute approximate surface area is 101 Å². The summed E-state index contributed by atoms with van der Waals surface area (Å²) in [6.45, 7) is 1.84. The van der Waals surface area contributed by atoms with E-state index in [0.29, 0.717) is 16.6 Å². The van der Waals surface area contributed by atoms with E-state index in [1.165, 1.54) is 18.2 Å². The Balaban J connectivity index is 2.75. The van der Waals surface area contributed by atoms with E-state index in [0.717, 1.165) is 0 Å². The summed E-state index contributed by atoms with van der Waals surface area (Å²) in [6.07, 6.45) is -2.14. The molecule has 0 aliphatic heterocycles. The standard InChI is InChI=1S/C11H13BrF2O2/c1-7(4-5-15)16-10-3-2-8(11(13)14)6-9(10)12/h2-3,6-7,11,15H,4-5H2,1H3/t7-/m1/s1. The summed E-state index contributed by atoms with van der Waals surface area (Å²) in [5.74, 6) is 0.505. The summed E-state index contributed by atoms with van der Waals surface area (Å²) >= 11 is 3.17. The van der Waals surface area contributed by atoms with Gasteiger partial charge in [0, 0.05) is 18.6 Å². The van der Waals surface area contributed by atoms with Crippen molar-refractivity contribution in [1.82, 2.24) is 0 Å². The highest BCUT2D eigenvalue weighted by Crippen LogP contribution is 2.30. The van der Waals surface area contributed by atoms with Gasteiger partial charge in [-0.3, -0.25) is 0 Å². The van der Waals surface area contributed by atoms with Gasteiger partial charge in [-0.05, 0) is 41.1 Å². The third kappa shape index (κ3) is 3.72. The van der Waals surface area contributed by atoms with E-state index >= 15 is 0 Å². The number of hydrogen-bond donors (Lipinski definition) is 1. The molecule has 0 spiro atoms. The maximum atomic E-state index is 12.4. The zero-order chi connectivity index (χ0) is 12.1. The van der Waals surface area contributed by atoms with Gasteiger partial charge in [-0.2, -0.15) is 0 Å². The molecule has 1 atom stereocenters. The van der Waals surface area contributed by atoms with Gasteiger partial charge >= 0.3 is 0 Å². The van der Waals surface area contributed by atoms with Crippen molar-refractivity contribution in [1.29, 1.82) is 0 Å². The predicted molar refractivity (Wildman–Crippen MR) is 60.9 cm³/mol. The third-order valence-corrected chi connectivity index (χ3v) is 2.69. The molecule has 1 aromatic rings. The second-order valence-corrected chi connectivity index (χ2v) is 4.29. The Bertz CT molecular complexity index is 345. The van der Waals surface area contributed by atoms with Crippen LogP contribution in [0.4, 0.5) is 8.78 Å². The predicted octanol–water partition coefficient (Wildman–Crippen LogP) is 3.54. The van der Waals surface area contributed by atoms with Crippen molar-refractivity contribution in [2.45, 2.75) is 25.9 Å². The lowest BCUT2D eigenvalue weighted by Gasteiger charge is -2.15. The van der Waals surface area contributed by atoms with Crippen LogP contribution in [-0.4, -0.2) is 17.8 Å². The Hall–Kier alpha value is -0.680. The van der Waals surface area contributed by atoms with Gasteiger partial charge in [0.25, 0.3) is 6.43 Å². The number of benzene rings is 1. The van der Waals surface area contributed by atoms with Crippen LogP contribution in [0.1, 0.15) is 25.3 Å². The van der Waals surface area contributed by atoms with E-state index in [-0.39, 0.29) is 18.3 Å². The molecule has 90 valence electrons. The number of hydrogen-bond acceptors (Lipinski definition) is 2. The molecular formula is C11H13BrF2O2. The molecule has 0 radical (unpaired) electrons. The zero-order valence-corrected chi connectivity index (χ0v) is 10.4. The highest BCUT2D eigenvalue weighted by Gasteiger charge is 2.11. The molecule has 0 fully saturated rings. The first-order chi connectivity index (χ1) is 7.54. The molecule has 1 N–H and O–H groups in total. The van der Waals surface area contributed by atoms with Gasteiger partial charge in [0.1, 0.15) is 5.75 Å². The van der Waals surface area contributed by atoms with Gasteiger partial charge in [-0.15, -0.1) is 0 Å². The minimum absolute atomic E-state index is 0.0356. The summed E-state index contributed by atoms with van der Waals surface area (Å²) in [4.78, 5) is 0. The summed E-state index contributed by atoms with van der Waals surface area (Å²) < 4.78 is 30.7. The number of ether oxygens (including phenoxy) is 1. The summed E-state index contributed by atoms with van der Waals surface area (Å²) in [6, 6.07) is 4.17. The third-order valence-electron chi connectivity index (χ3n) is 2.07. The lowest BCUT2D eigenvalue weighted by atomic mass is 10.2. The van der Waals surface area contributed by atoms with Crippen LogP contribution in [0.15, 0.2) is 22.7 Å². The molecular weight excluding hydrogens is 282 g/mol. The van der Waals surface area contributed by atoms with Crippen LogP contribution in [0.5, 0.6) is 5.75 Å². The Morgan fingerprint density at radius 2 is 2.12 bits per heavy atom. The van der Waals surface area contributed by atoms with Crippen LogP contribution in [-0.2, 0) is 0 Å². The van der Waals surface area contributed by atoms with Crippen LogP contribution in [0.2, 0.25) is 0 Å². The average Bonchev–Trinajstić information content (AvgIpc) is 2.21. The van der Waals surface area contributed by atoms with Crippen molar-refractivity contribution in [3.63, 3.8) is 0 Å². The Morgan fingerprint density at radius 1 is 1.44 bits per heavy atom. The quantitative estimate of drug-likeness (QED) is 0.900. The smallest absolute Gasteiger partial charge is 0.263 e. The normalized spacial score (nSPS) is 12.9. The lowest BCUT2D eigenvalue weighted by Crippen LogP contribution is -2.13. The molecule has 1 rings (SSSR count). The molecule has 2 nitrogen and oxygen atoms in total. The molecule has 0 aliphatic rings. The first kappa shape index (κ1) is 13.4. The highest BCUT2D eigenvalue weighted by atomic mass is 79.9. The van der Waals surface area contributed by atoms with Crippen LogP contribution >= 0.6 is 15.9 Å². The van der Waals surface area contributed by atoms with E-state index < -0.39 is 6.43 Å². The first-order valence-electron chi connectivity index (χ1n) is 4.89. The number of aliphatic hydroxyl groups is 1. The fourth-order valence-electron chi connectivity index (χ4n) is 1.21. The van der Waals surface area contributed by atoms with E-state index in [2.05, 4.69) is 15.9 Å². The van der Waals surface area contributed by atoms with Gasteiger partial charge in [-0.25, -0.2) is 8.78 Å². The number of aliphatic hydroxyl groups excluding tert-OH is 1. The summed E-state index contributed by atoms with van der Waals surface area (Å²) in [7, 11) is 0. The molecule has 0 unspecified atom stereocenters. The first-order valence-corrected chi connectivity index (χ1v) is 5.69. The fourth-order valence-corrected chi connectivity index (χ4v) is 1.70. The average molecular weight is 295 g/mol. The molecule has 0 saturated heterocycles. The van der Waals surface area contributed by atoms with E-state index in [1.807, 2.05) is 6.92 Å². The molecule has 1 aromatic carbocycles. The molecule has 0 amide bonds. The maximum absolute atomic E-state index is 12.4. The molecule has 0 saturated carbocycles. The van der Waals surface area contributed by atoms with Gasteiger partial charge in [0.15, 0.2) is 0 Å². The SMILES string of the molecule is C[C@H](CCO)Oc1ccc(C(F)F)cc1Br. The van der Waals surface area contributed by atoms with Crippen molar-refractivity contribution >= 4 is 15.9 Å².